The van der Waals surface area contributed by atoms with Crippen LogP contribution in [-0.4, -0.2) is 25.3 Å². The van der Waals surface area contributed by atoms with Gasteiger partial charge in [0, 0.05) is 35.4 Å². The second-order valence-electron chi connectivity index (χ2n) is 9.98. The van der Waals surface area contributed by atoms with Crippen LogP contribution in [0.15, 0.2) is 41.3 Å². The minimum Gasteiger partial charge on any atom is -0.340 e. The molecule has 0 unspecified atom stereocenters. The van der Waals surface area contributed by atoms with Gasteiger partial charge in [-0.25, -0.2) is 14.3 Å². The minimum atomic E-state index is -0.0503. The molecule has 0 amide bonds. The van der Waals surface area contributed by atoms with Gasteiger partial charge in [-0.2, -0.15) is 4.37 Å². The molecule has 0 radical (unpaired) electrons. The van der Waals surface area contributed by atoms with E-state index in [-0.39, 0.29) is 17.0 Å². The second-order valence-corrected chi connectivity index (χ2v) is 10.8. The third kappa shape index (κ3) is 3.98. The quantitative estimate of drug-likeness (QED) is 0.451. The van der Waals surface area contributed by atoms with Crippen LogP contribution in [0.25, 0.3) is 16.7 Å². The van der Waals surface area contributed by atoms with E-state index in [1.54, 1.807) is 10.9 Å². The van der Waals surface area contributed by atoms with E-state index in [9.17, 15) is 4.79 Å². The van der Waals surface area contributed by atoms with Gasteiger partial charge < -0.3 is 10.6 Å². The molecule has 0 aliphatic carbocycles. The average molecular weight is 463 g/mol. The Morgan fingerprint density at radius 2 is 1.97 bits per heavy atom. The van der Waals surface area contributed by atoms with E-state index in [1.807, 2.05) is 24.6 Å². The molecule has 172 valence electrons. The van der Waals surface area contributed by atoms with Gasteiger partial charge in [-0.1, -0.05) is 26.8 Å². The van der Waals surface area contributed by atoms with Crippen molar-refractivity contribution in [1.82, 2.24) is 24.0 Å². The van der Waals surface area contributed by atoms with Gasteiger partial charge in [-0.3, -0.25) is 4.79 Å². The fourth-order valence-corrected chi connectivity index (χ4v) is 5.06. The van der Waals surface area contributed by atoms with Crippen LogP contribution in [0.5, 0.6) is 0 Å². The summed E-state index contributed by atoms with van der Waals surface area (Å²) in [6.45, 7) is 12.5. The summed E-state index contributed by atoms with van der Waals surface area (Å²) >= 11 is 1.49. The summed E-state index contributed by atoms with van der Waals surface area (Å²) in [7, 11) is 0. The lowest BCUT2D eigenvalue weighted by Crippen LogP contribution is -2.24. The molecule has 8 heteroatoms. The maximum atomic E-state index is 13.2. The molecule has 1 aromatic carbocycles. The predicted octanol–water partition coefficient (Wildman–Crippen LogP) is 4.91. The SMILES string of the molecule is CC(C)n1c(=O)c2cnc(Nc3ccc4c(c3)CCNC4)cc2n1-c1cc(C(C)(C)C)sn1. The molecule has 0 atom stereocenters. The first kappa shape index (κ1) is 21.9. The molecular weight excluding hydrogens is 432 g/mol. The van der Waals surface area contributed by atoms with E-state index in [0.29, 0.717) is 11.2 Å². The summed E-state index contributed by atoms with van der Waals surface area (Å²) in [6.07, 6.45) is 2.70. The average Bonchev–Trinajstić information content (AvgIpc) is 3.37. The smallest absolute Gasteiger partial charge is 0.276 e. The van der Waals surface area contributed by atoms with Crippen molar-refractivity contribution in [2.45, 2.75) is 59.0 Å². The minimum absolute atomic E-state index is 0.00192. The van der Waals surface area contributed by atoms with E-state index < -0.39 is 0 Å². The summed E-state index contributed by atoms with van der Waals surface area (Å²) in [5.41, 5.74) is 4.46. The molecule has 4 aromatic rings. The Morgan fingerprint density at radius 1 is 1.15 bits per heavy atom. The van der Waals surface area contributed by atoms with Gasteiger partial charge in [0.05, 0.1) is 10.9 Å². The lowest BCUT2D eigenvalue weighted by Gasteiger charge is -2.18. The highest BCUT2D eigenvalue weighted by Gasteiger charge is 2.23. The summed E-state index contributed by atoms with van der Waals surface area (Å²) in [4.78, 5) is 19.0. The van der Waals surface area contributed by atoms with E-state index >= 15 is 0 Å². The van der Waals surface area contributed by atoms with E-state index in [2.05, 4.69) is 60.7 Å². The van der Waals surface area contributed by atoms with Crippen molar-refractivity contribution < 1.29 is 0 Å². The van der Waals surface area contributed by atoms with Crippen molar-refractivity contribution in [2.75, 3.05) is 11.9 Å². The highest BCUT2D eigenvalue weighted by molar-refractivity contribution is 7.06. The normalized spacial score (nSPS) is 14.1. The fraction of sp³-hybridized carbons (Fsp3) is 0.400. The van der Waals surface area contributed by atoms with Gasteiger partial charge in [-0.05, 0) is 73.1 Å². The molecule has 0 saturated carbocycles. The Hall–Kier alpha value is -2.97. The Morgan fingerprint density at radius 3 is 2.70 bits per heavy atom. The topological polar surface area (TPSA) is 76.8 Å². The maximum Gasteiger partial charge on any atom is 0.276 e. The predicted molar refractivity (Wildman–Crippen MR) is 135 cm³/mol. The second kappa shape index (κ2) is 8.11. The Labute approximate surface area is 197 Å². The van der Waals surface area contributed by atoms with Gasteiger partial charge in [0.15, 0.2) is 5.82 Å². The number of aromatic nitrogens is 4. The number of nitrogens with one attached hydrogen (secondary N) is 2. The number of rotatable bonds is 4. The zero-order valence-electron chi connectivity index (χ0n) is 19.8. The summed E-state index contributed by atoms with van der Waals surface area (Å²) in [5, 5.41) is 7.44. The van der Waals surface area contributed by atoms with Gasteiger partial charge in [0.2, 0.25) is 0 Å². The molecule has 7 nitrogen and oxygen atoms in total. The van der Waals surface area contributed by atoms with Crippen molar-refractivity contribution in [2.24, 2.45) is 0 Å². The molecule has 0 bridgehead atoms. The van der Waals surface area contributed by atoms with Crippen molar-refractivity contribution in [3.8, 4) is 5.82 Å². The van der Waals surface area contributed by atoms with Crippen molar-refractivity contribution >= 4 is 33.9 Å². The fourth-order valence-electron chi connectivity index (χ4n) is 4.30. The van der Waals surface area contributed by atoms with Crippen molar-refractivity contribution in [1.29, 1.82) is 0 Å². The maximum absolute atomic E-state index is 13.2. The van der Waals surface area contributed by atoms with Crippen LogP contribution in [0.4, 0.5) is 11.5 Å². The number of pyridine rings is 1. The molecule has 0 spiro atoms. The van der Waals surface area contributed by atoms with E-state index in [1.165, 1.54) is 27.5 Å². The third-order valence-corrected chi connectivity index (χ3v) is 7.28. The number of benzene rings is 1. The van der Waals surface area contributed by atoms with E-state index in [0.717, 1.165) is 36.5 Å². The zero-order valence-corrected chi connectivity index (χ0v) is 20.6. The van der Waals surface area contributed by atoms with Crippen LogP contribution in [0, 0.1) is 0 Å². The van der Waals surface area contributed by atoms with Crippen LogP contribution in [0.2, 0.25) is 0 Å². The highest BCUT2D eigenvalue weighted by Crippen LogP contribution is 2.30. The Kier molecular flexibility index (Phi) is 5.37. The van der Waals surface area contributed by atoms with Gasteiger partial charge in [0.1, 0.15) is 5.82 Å². The number of hydrogen-bond acceptors (Lipinski definition) is 6. The molecule has 3 aromatic heterocycles. The summed E-state index contributed by atoms with van der Waals surface area (Å²) in [6, 6.07) is 10.5. The molecule has 0 fully saturated rings. The summed E-state index contributed by atoms with van der Waals surface area (Å²) in [5.74, 6) is 1.47. The Bertz CT molecular complexity index is 1390. The molecule has 33 heavy (non-hydrogen) atoms. The van der Waals surface area contributed by atoms with Crippen molar-refractivity contribution in [3.63, 3.8) is 0 Å². The molecule has 5 rings (SSSR count). The van der Waals surface area contributed by atoms with Gasteiger partial charge in [0.25, 0.3) is 5.56 Å². The van der Waals surface area contributed by atoms with Crippen LogP contribution < -0.4 is 16.2 Å². The van der Waals surface area contributed by atoms with Gasteiger partial charge >= 0.3 is 0 Å². The van der Waals surface area contributed by atoms with Crippen LogP contribution >= 0.6 is 11.5 Å². The number of nitrogens with zero attached hydrogens (tertiary/aromatic N) is 4. The lowest BCUT2D eigenvalue weighted by atomic mass is 9.95. The first-order valence-corrected chi connectivity index (χ1v) is 12.2. The van der Waals surface area contributed by atoms with Crippen molar-refractivity contribution in [3.05, 3.63) is 62.9 Å². The molecule has 1 aliphatic heterocycles. The van der Waals surface area contributed by atoms with Crippen LogP contribution in [0.3, 0.4) is 0 Å². The number of anilines is 2. The summed E-state index contributed by atoms with van der Waals surface area (Å²) < 4.78 is 8.43. The first-order chi connectivity index (χ1) is 15.7. The molecule has 1 aliphatic rings. The largest absolute Gasteiger partial charge is 0.340 e. The van der Waals surface area contributed by atoms with E-state index in [4.69, 9.17) is 4.37 Å². The monoisotopic (exact) mass is 462 g/mol. The Balaban J connectivity index is 1.61. The number of fused-ring (bicyclic) bond motifs is 2. The van der Waals surface area contributed by atoms with Crippen LogP contribution in [0.1, 0.15) is 56.7 Å². The van der Waals surface area contributed by atoms with Crippen LogP contribution in [-0.2, 0) is 18.4 Å². The molecule has 4 heterocycles. The highest BCUT2D eigenvalue weighted by atomic mass is 32.1. The molecule has 0 saturated heterocycles. The lowest BCUT2D eigenvalue weighted by molar-refractivity contribution is 0.474. The molecular formula is C25H30N6OS. The number of hydrogen-bond donors (Lipinski definition) is 2. The van der Waals surface area contributed by atoms with Gasteiger partial charge in [-0.15, -0.1) is 0 Å². The first-order valence-electron chi connectivity index (χ1n) is 11.4. The molecule has 2 N–H and O–H groups in total. The standard InChI is InChI=1S/C25H30N6OS/c1-15(2)30-24(32)19-14-27-22(28-18-7-6-17-13-26-9-8-16(17)10-18)11-20(19)31(30)23-12-21(33-29-23)25(3,4)5/h6-7,10-12,14-15,26H,8-9,13H2,1-5H3,(H,27,28). The third-order valence-electron chi connectivity index (χ3n) is 6.07. The zero-order chi connectivity index (χ0) is 23.3.